The fourth-order valence-electron chi connectivity index (χ4n) is 5.10. The molecule has 0 amide bonds. The summed E-state index contributed by atoms with van der Waals surface area (Å²) in [6.45, 7) is 2.13. The standard InChI is InChI=1S/C27H27FN2O6S/c1-15-8-23(35-6-3-7-37(2,33)34)29-12-20(15)16-4-5-22(28)18(9-16)14-36-24-11-17-10-19-25(21(17)13-30-24)26(19)27(31)32/h4-5,8-9,11-13,19,25-26H,3,6-7,10,14H2,1-2H3,(H,31,32). The predicted octanol–water partition coefficient (Wildman–Crippen LogP) is 3.95. The number of sulfone groups is 1. The molecule has 1 N–H and O–H groups in total. The van der Waals surface area contributed by atoms with E-state index in [0.29, 0.717) is 30.2 Å². The van der Waals surface area contributed by atoms with E-state index in [1.54, 1.807) is 30.6 Å². The maximum atomic E-state index is 14.6. The van der Waals surface area contributed by atoms with Gasteiger partial charge in [0.05, 0.1) is 18.3 Å². The van der Waals surface area contributed by atoms with Crippen LogP contribution in [-0.4, -0.2) is 48.1 Å². The highest BCUT2D eigenvalue weighted by Crippen LogP contribution is 2.61. The van der Waals surface area contributed by atoms with Crippen LogP contribution in [0.2, 0.25) is 0 Å². The van der Waals surface area contributed by atoms with Gasteiger partial charge >= 0.3 is 5.97 Å². The lowest BCUT2D eigenvalue weighted by molar-refractivity contribution is -0.139. The van der Waals surface area contributed by atoms with Gasteiger partial charge < -0.3 is 14.6 Å². The molecule has 3 atom stereocenters. The molecule has 2 heterocycles. The maximum Gasteiger partial charge on any atom is 0.307 e. The fourth-order valence-corrected chi connectivity index (χ4v) is 5.74. The molecular weight excluding hydrogens is 499 g/mol. The van der Waals surface area contributed by atoms with Crippen LogP contribution in [0.5, 0.6) is 11.8 Å². The molecule has 3 unspecified atom stereocenters. The SMILES string of the molecule is Cc1cc(OCCCS(C)(=O)=O)ncc1-c1ccc(F)c(COc2cc3c(cn2)C2C(C3)C2C(=O)O)c1. The molecule has 37 heavy (non-hydrogen) atoms. The number of carboxylic acids is 1. The predicted molar refractivity (Wildman–Crippen MR) is 134 cm³/mol. The van der Waals surface area contributed by atoms with Gasteiger partial charge in [0.25, 0.3) is 0 Å². The summed E-state index contributed by atoms with van der Waals surface area (Å²) in [6, 6.07) is 8.37. The Hall–Kier alpha value is -3.53. The average Bonchev–Trinajstić information content (AvgIpc) is 3.43. The number of fused-ring (bicyclic) bond motifs is 3. The Bertz CT molecular complexity index is 1480. The molecule has 2 aliphatic rings. The molecule has 5 rings (SSSR count). The summed E-state index contributed by atoms with van der Waals surface area (Å²) in [7, 11) is -3.03. The van der Waals surface area contributed by atoms with Gasteiger partial charge in [-0.05, 0) is 60.1 Å². The Morgan fingerprint density at radius 3 is 2.62 bits per heavy atom. The van der Waals surface area contributed by atoms with E-state index in [1.165, 1.54) is 12.3 Å². The quantitative estimate of drug-likeness (QED) is 0.395. The number of aliphatic carboxylic acids is 1. The molecule has 0 radical (unpaired) electrons. The minimum absolute atomic E-state index is 0.00985. The topological polar surface area (TPSA) is 116 Å². The van der Waals surface area contributed by atoms with Crippen LogP contribution in [0.15, 0.2) is 42.7 Å². The Kier molecular flexibility index (Phi) is 6.61. The minimum atomic E-state index is -3.03. The van der Waals surface area contributed by atoms with Crippen molar-refractivity contribution in [2.24, 2.45) is 11.8 Å². The van der Waals surface area contributed by atoms with Gasteiger partial charge in [-0.25, -0.2) is 22.8 Å². The van der Waals surface area contributed by atoms with Crippen LogP contribution in [0.3, 0.4) is 0 Å². The van der Waals surface area contributed by atoms with Crippen molar-refractivity contribution in [3.05, 3.63) is 70.8 Å². The van der Waals surface area contributed by atoms with Crippen molar-refractivity contribution in [2.45, 2.75) is 32.3 Å². The monoisotopic (exact) mass is 526 g/mol. The van der Waals surface area contributed by atoms with Crippen LogP contribution in [0, 0.1) is 24.6 Å². The zero-order valence-electron chi connectivity index (χ0n) is 20.5. The number of hydrogen-bond acceptors (Lipinski definition) is 7. The number of ether oxygens (including phenoxy) is 2. The Morgan fingerprint density at radius 2 is 1.89 bits per heavy atom. The molecule has 0 saturated heterocycles. The smallest absolute Gasteiger partial charge is 0.307 e. The van der Waals surface area contributed by atoms with Gasteiger partial charge in [0.15, 0.2) is 0 Å². The number of hydrogen-bond donors (Lipinski definition) is 1. The largest absolute Gasteiger partial charge is 0.481 e. The highest BCUT2D eigenvalue weighted by atomic mass is 32.2. The summed E-state index contributed by atoms with van der Waals surface area (Å²) in [4.78, 5) is 19.9. The molecule has 0 bridgehead atoms. The number of benzene rings is 1. The summed E-state index contributed by atoms with van der Waals surface area (Å²) in [5.41, 5.74) is 4.86. The first-order chi connectivity index (χ1) is 17.6. The minimum Gasteiger partial charge on any atom is -0.481 e. The van der Waals surface area contributed by atoms with E-state index in [0.717, 1.165) is 27.8 Å². The molecule has 10 heteroatoms. The molecule has 3 aromatic rings. The summed E-state index contributed by atoms with van der Waals surface area (Å²) < 4.78 is 48.4. The molecule has 1 saturated carbocycles. The Balaban J connectivity index is 1.23. The lowest BCUT2D eigenvalue weighted by atomic mass is 10.0. The summed E-state index contributed by atoms with van der Waals surface area (Å²) >= 11 is 0. The number of nitrogens with zero attached hydrogens (tertiary/aromatic N) is 2. The van der Waals surface area contributed by atoms with Crippen molar-refractivity contribution in [1.82, 2.24) is 9.97 Å². The fraction of sp³-hybridized carbons (Fsp3) is 0.370. The molecule has 1 fully saturated rings. The van der Waals surface area contributed by atoms with E-state index in [4.69, 9.17) is 9.47 Å². The van der Waals surface area contributed by atoms with Crippen molar-refractivity contribution in [1.29, 1.82) is 0 Å². The van der Waals surface area contributed by atoms with E-state index < -0.39 is 21.6 Å². The summed E-state index contributed by atoms with van der Waals surface area (Å²) in [6.07, 6.45) is 5.60. The third-order valence-electron chi connectivity index (χ3n) is 7.00. The number of aromatic nitrogens is 2. The van der Waals surface area contributed by atoms with E-state index in [2.05, 4.69) is 9.97 Å². The lowest BCUT2D eigenvalue weighted by Gasteiger charge is -2.12. The van der Waals surface area contributed by atoms with E-state index in [-0.39, 0.29) is 36.7 Å². The molecule has 2 aliphatic carbocycles. The van der Waals surface area contributed by atoms with Crippen LogP contribution in [0.25, 0.3) is 11.1 Å². The number of halogens is 1. The van der Waals surface area contributed by atoms with Gasteiger partial charge in [0.2, 0.25) is 11.8 Å². The van der Waals surface area contributed by atoms with Crippen molar-refractivity contribution >= 4 is 15.8 Å². The van der Waals surface area contributed by atoms with Crippen LogP contribution in [0.4, 0.5) is 4.39 Å². The first-order valence-electron chi connectivity index (χ1n) is 12.0. The van der Waals surface area contributed by atoms with Gasteiger partial charge in [-0.15, -0.1) is 0 Å². The summed E-state index contributed by atoms with van der Waals surface area (Å²) in [5, 5.41) is 9.27. The maximum absolute atomic E-state index is 14.6. The molecule has 2 aromatic heterocycles. The second kappa shape index (κ2) is 9.74. The normalized spacial score (nSPS) is 19.7. The second-order valence-corrected chi connectivity index (χ2v) is 12.0. The lowest BCUT2D eigenvalue weighted by Crippen LogP contribution is -2.08. The highest BCUT2D eigenvalue weighted by molar-refractivity contribution is 7.90. The third kappa shape index (κ3) is 5.44. The van der Waals surface area contributed by atoms with Gasteiger partial charge in [0.1, 0.15) is 22.3 Å². The van der Waals surface area contributed by atoms with Crippen LogP contribution in [0.1, 0.15) is 34.6 Å². The van der Waals surface area contributed by atoms with Gasteiger partial charge in [0, 0.05) is 47.8 Å². The van der Waals surface area contributed by atoms with Crippen molar-refractivity contribution in [3.63, 3.8) is 0 Å². The first-order valence-corrected chi connectivity index (χ1v) is 14.1. The second-order valence-electron chi connectivity index (χ2n) is 9.74. The van der Waals surface area contributed by atoms with Crippen LogP contribution in [-0.2, 0) is 27.7 Å². The van der Waals surface area contributed by atoms with Crippen LogP contribution < -0.4 is 9.47 Å². The Morgan fingerprint density at radius 1 is 1.14 bits per heavy atom. The molecule has 194 valence electrons. The zero-order valence-corrected chi connectivity index (χ0v) is 21.3. The molecule has 0 spiro atoms. The van der Waals surface area contributed by atoms with Gasteiger partial charge in [-0.3, -0.25) is 4.79 Å². The highest BCUT2D eigenvalue weighted by Gasteiger charge is 2.59. The van der Waals surface area contributed by atoms with Crippen LogP contribution >= 0.6 is 0 Å². The number of carbonyl (C=O) groups is 1. The first kappa shape index (κ1) is 25.1. The van der Waals surface area contributed by atoms with Gasteiger partial charge in [-0.1, -0.05) is 6.07 Å². The molecular formula is C27H27FN2O6S. The molecule has 1 aromatic carbocycles. The van der Waals surface area contributed by atoms with Crippen molar-refractivity contribution in [2.75, 3.05) is 18.6 Å². The Labute approximate surface area is 214 Å². The zero-order chi connectivity index (χ0) is 26.3. The third-order valence-corrected chi connectivity index (χ3v) is 8.03. The van der Waals surface area contributed by atoms with E-state index in [1.807, 2.05) is 13.0 Å². The number of carboxylic acid groups (broad SMARTS) is 1. The number of pyridine rings is 2. The van der Waals surface area contributed by atoms with Crippen molar-refractivity contribution < 1.29 is 32.2 Å². The molecule has 8 nitrogen and oxygen atoms in total. The molecule has 0 aliphatic heterocycles. The number of rotatable bonds is 10. The van der Waals surface area contributed by atoms with Crippen molar-refractivity contribution in [3.8, 4) is 22.9 Å². The average molecular weight is 527 g/mol. The van der Waals surface area contributed by atoms with Gasteiger partial charge in [-0.2, -0.15) is 0 Å². The van der Waals surface area contributed by atoms with E-state index in [9.17, 15) is 22.7 Å². The summed E-state index contributed by atoms with van der Waals surface area (Å²) in [5.74, 6) is -0.444. The van der Waals surface area contributed by atoms with E-state index >= 15 is 0 Å². The number of aryl methyl sites for hydroxylation is 1.